The molecule has 0 aliphatic heterocycles. The molecule has 0 radical (unpaired) electrons. The monoisotopic (exact) mass is 695 g/mol. The molecule has 0 fully saturated rings. The van der Waals surface area contributed by atoms with Crippen molar-refractivity contribution in [1.29, 1.82) is 0 Å². The number of rotatable bonds is 24. The number of carboxylic acid groups (broad SMARTS) is 1. The predicted molar refractivity (Wildman–Crippen MR) is 193 cm³/mol. The SMILES string of the molecule is CCCCCN(CCCCC)[C@@H](Cc1ccc(O)cc1)C(=O)NCC(=O)NCC(=O)N[C@@H](Cc1ccccc1)C(=O)N[C@@H](CC(C)C)C(=O)O. The molecule has 2 aromatic rings. The van der Waals surface area contributed by atoms with Gasteiger partial charge in [0.05, 0.1) is 19.1 Å². The molecule has 12 nitrogen and oxygen atoms in total. The van der Waals surface area contributed by atoms with Crippen molar-refractivity contribution in [2.45, 2.75) is 104 Å². The number of benzene rings is 2. The molecule has 12 heteroatoms. The molecule has 6 N–H and O–H groups in total. The Kier molecular flexibility index (Phi) is 19.2. The van der Waals surface area contributed by atoms with Gasteiger partial charge in [-0.25, -0.2) is 4.79 Å². The Hall–Kier alpha value is -4.45. The van der Waals surface area contributed by atoms with E-state index in [9.17, 15) is 34.2 Å². The van der Waals surface area contributed by atoms with E-state index in [0.29, 0.717) is 6.42 Å². The van der Waals surface area contributed by atoms with Crippen molar-refractivity contribution in [2.24, 2.45) is 5.92 Å². The molecule has 2 rings (SSSR count). The first-order valence-electron chi connectivity index (χ1n) is 17.9. The molecule has 0 aliphatic rings. The Balaban J connectivity index is 2.06. The maximum Gasteiger partial charge on any atom is 0.326 e. The van der Waals surface area contributed by atoms with Crippen molar-refractivity contribution in [2.75, 3.05) is 26.2 Å². The molecule has 0 aliphatic carbocycles. The molecule has 50 heavy (non-hydrogen) atoms. The molecule has 0 saturated carbocycles. The number of hydrogen-bond donors (Lipinski definition) is 6. The van der Waals surface area contributed by atoms with Crippen molar-refractivity contribution in [3.63, 3.8) is 0 Å². The lowest BCUT2D eigenvalue weighted by Crippen LogP contribution is -2.54. The summed E-state index contributed by atoms with van der Waals surface area (Å²) in [5.41, 5.74) is 1.64. The fourth-order valence-corrected chi connectivity index (χ4v) is 5.59. The van der Waals surface area contributed by atoms with Gasteiger partial charge in [0.15, 0.2) is 0 Å². The van der Waals surface area contributed by atoms with E-state index in [4.69, 9.17) is 0 Å². The van der Waals surface area contributed by atoms with Crippen LogP contribution in [0.1, 0.15) is 83.8 Å². The van der Waals surface area contributed by atoms with Crippen molar-refractivity contribution in [1.82, 2.24) is 26.2 Å². The van der Waals surface area contributed by atoms with Gasteiger partial charge in [-0.15, -0.1) is 0 Å². The van der Waals surface area contributed by atoms with E-state index in [1.54, 1.807) is 48.5 Å². The van der Waals surface area contributed by atoms with Crippen LogP contribution in [0.2, 0.25) is 0 Å². The van der Waals surface area contributed by atoms with E-state index in [-0.39, 0.29) is 37.0 Å². The molecule has 276 valence electrons. The first kappa shape index (κ1) is 41.7. The summed E-state index contributed by atoms with van der Waals surface area (Å²) in [5.74, 6) is -3.17. The summed E-state index contributed by atoms with van der Waals surface area (Å²) in [6, 6.07) is 13.0. The van der Waals surface area contributed by atoms with Crippen molar-refractivity contribution in [3.8, 4) is 5.75 Å². The van der Waals surface area contributed by atoms with Crippen molar-refractivity contribution < 1.29 is 34.2 Å². The van der Waals surface area contributed by atoms with E-state index in [2.05, 4.69) is 40.0 Å². The summed E-state index contributed by atoms with van der Waals surface area (Å²) >= 11 is 0. The smallest absolute Gasteiger partial charge is 0.326 e. The summed E-state index contributed by atoms with van der Waals surface area (Å²) in [5, 5.41) is 29.8. The summed E-state index contributed by atoms with van der Waals surface area (Å²) in [6.45, 7) is 8.64. The molecule has 4 amide bonds. The molecule has 3 atom stereocenters. The van der Waals surface area contributed by atoms with Gasteiger partial charge >= 0.3 is 5.97 Å². The van der Waals surface area contributed by atoms with Gasteiger partial charge < -0.3 is 31.5 Å². The molecular formula is C38H57N5O7. The number of unbranched alkanes of at least 4 members (excludes halogenated alkanes) is 4. The van der Waals surface area contributed by atoms with Gasteiger partial charge in [0.1, 0.15) is 17.8 Å². The molecule has 0 bridgehead atoms. The van der Waals surface area contributed by atoms with Crippen LogP contribution in [-0.2, 0) is 36.8 Å². The minimum absolute atomic E-state index is 0.0162. The second kappa shape index (κ2) is 23.0. The zero-order valence-electron chi connectivity index (χ0n) is 30.1. The molecule has 0 spiro atoms. The van der Waals surface area contributed by atoms with Crippen LogP contribution in [0.15, 0.2) is 54.6 Å². The molecule has 0 heterocycles. The number of carbonyl (C=O) groups is 5. The summed E-state index contributed by atoms with van der Waals surface area (Å²) in [7, 11) is 0. The molecule has 2 aromatic carbocycles. The average Bonchev–Trinajstić information content (AvgIpc) is 3.08. The Labute approximate surface area is 296 Å². The van der Waals surface area contributed by atoms with Gasteiger partial charge in [-0.2, -0.15) is 0 Å². The van der Waals surface area contributed by atoms with Crippen LogP contribution in [0.4, 0.5) is 0 Å². The zero-order chi connectivity index (χ0) is 36.9. The highest BCUT2D eigenvalue weighted by atomic mass is 16.4. The number of nitrogens with zero attached hydrogens (tertiary/aromatic N) is 1. The van der Waals surface area contributed by atoms with Crippen LogP contribution in [-0.4, -0.2) is 89.0 Å². The average molecular weight is 696 g/mol. The molecule has 0 saturated heterocycles. The van der Waals surface area contributed by atoms with E-state index in [0.717, 1.165) is 62.7 Å². The highest BCUT2D eigenvalue weighted by Gasteiger charge is 2.28. The topological polar surface area (TPSA) is 177 Å². The van der Waals surface area contributed by atoms with Crippen LogP contribution in [0.5, 0.6) is 5.75 Å². The van der Waals surface area contributed by atoms with Gasteiger partial charge in [0, 0.05) is 6.42 Å². The van der Waals surface area contributed by atoms with E-state index >= 15 is 0 Å². The normalized spacial score (nSPS) is 12.9. The first-order valence-corrected chi connectivity index (χ1v) is 17.9. The maximum absolute atomic E-state index is 13.6. The Morgan fingerprint density at radius 3 is 1.82 bits per heavy atom. The van der Waals surface area contributed by atoms with E-state index in [1.165, 1.54) is 0 Å². The molecule has 0 unspecified atom stereocenters. The molecular weight excluding hydrogens is 638 g/mol. The van der Waals surface area contributed by atoms with Crippen molar-refractivity contribution in [3.05, 3.63) is 65.7 Å². The number of phenols is 1. The minimum atomic E-state index is -1.17. The fourth-order valence-electron chi connectivity index (χ4n) is 5.59. The van der Waals surface area contributed by atoms with Gasteiger partial charge in [-0.1, -0.05) is 95.8 Å². The third-order valence-electron chi connectivity index (χ3n) is 8.33. The lowest BCUT2D eigenvalue weighted by atomic mass is 10.0. The number of carbonyl (C=O) groups excluding carboxylic acids is 4. The van der Waals surface area contributed by atoms with Crippen LogP contribution in [0.3, 0.4) is 0 Å². The predicted octanol–water partition coefficient (Wildman–Crippen LogP) is 3.56. The summed E-state index contributed by atoms with van der Waals surface area (Å²) in [6.07, 6.45) is 6.78. The van der Waals surface area contributed by atoms with Gasteiger partial charge in [0.2, 0.25) is 23.6 Å². The minimum Gasteiger partial charge on any atom is -0.508 e. The van der Waals surface area contributed by atoms with Crippen molar-refractivity contribution >= 4 is 29.6 Å². The highest BCUT2D eigenvalue weighted by molar-refractivity contribution is 5.93. The van der Waals surface area contributed by atoms with Crippen LogP contribution in [0, 0.1) is 5.92 Å². The number of amides is 4. The summed E-state index contributed by atoms with van der Waals surface area (Å²) in [4.78, 5) is 66.5. The maximum atomic E-state index is 13.6. The largest absolute Gasteiger partial charge is 0.508 e. The Bertz CT molecular complexity index is 1330. The second-order valence-corrected chi connectivity index (χ2v) is 13.2. The third-order valence-corrected chi connectivity index (χ3v) is 8.33. The Morgan fingerprint density at radius 1 is 0.680 bits per heavy atom. The standard InChI is InChI=1S/C38H57N5O7/c1-5-7-12-20-43(21-13-8-6-2)33(24-29-16-18-30(44)19-17-29)37(48)40-25-34(45)39-26-35(46)41-31(23-28-14-10-9-11-15-28)36(47)42-32(38(49)50)22-27(3)4/h9-11,14-19,27,31-33,44H,5-8,12-13,20-26H2,1-4H3,(H,39,45)(H,40,48)(H,41,46)(H,42,47)(H,49,50)/t31-,32-,33-/m0/s1. The third kappa shape index (κ3) is 16.3. The van der Waals surface area contributed by atoms with Crippen LogP contribution >= 0.6 is 0 Å². The van der Waals surface area contributed by atoms with Gasteiger partial charge in [0.25, 0.3) is 0 Å². The number of aromatic hydroxyl groups is 1. The lowest BCUT2D eigenvalue weighted by Gasteiger charge is -2.31. The summed E-state index contributed by atoms with van der Waals surface area (Å²) < 4.78 is 0. The zero-order valence-corrected chi connectivity index (χ0v) is 30.1. The number of phenolic OH excluding ortho intramolecular Hbond substituents is 1. The Morgan fingerprint density at radius 2 is 1.26 bits per heavy atom. The quantitative estimate of drug-likeness (QED) is 0.0904. The van der Waals surface area contributed by atoms with Gasteiger partial charge in [-0.3, -0.25) is 24.1 Å². The highest BCUT2D eigenvalue weighted by Crippen LogP contribution is 2.16. The first-order chi connectivity index (χ1) is 23.9. The molecule has 0 aromatic heterocycles. The van der Waals surface area contributed by atoms with Crippen LogP contribution < -0.4 is 21.3 Å². The van der Waals surface area contributed by atoms with E-state index < -0.39 is 48.4 Å². The lowest BCUT2D eigenvalue weighted by molar-refractivity contribution is -0.142. The number of nitrogens with one attached hydrogen (secondary N) is 4. The number of aliphatic carboxylic acids is 1. The van der Waals surface area contributed by atoms with Gasteiger partial charge in [-0.05, 0) is 68.0 Å². The van der Waals surface area contributed by atoms with Crippen LogP contribution in [0.25, 0.3) is 0 Å². The fraction of sp³-hybridized carbons (Fsp3) is 0.553. The number of carboxylic acids is 1. The number of hydrogen-bond acceptors (Lipinski definition) is 7. The van der Waals surface area contributed by atoms with E-state index in [1.807, 2.05) is 19.9 Å². The second-order valence-electron chi connectivity index (χ2n) is 13.2.